The van der Waals surface area contributed by atoms with Crippen LogP contribution in [0, 0.1) is 5.92 Å². The zero-order valence-electron chi connectivity index (χ0n) is 39.5. The van der Waals surface area contributed by atoms with Crippen molar-refractivity contribution in [1.82, 2.24) is 51.8 Å². The Kier molecular flexibility index (Phi) is 19.4. The van der Waals surface area contributed by atoms with Crippen LogP contribution in [0.2, 0.25) is 0 Å². The minimum atomic E-state index is -1.31. The second kappa shape index (κ2) is 25.5. The summed E-state index contributed by atoms with van der Waals surface area (Å²) in [5.74, 6) is -5.83. The number of imidazole rings is 1. The summed E-state index contributed by atoms with van der Waals surface area (Å²) in [6.07, 6.45) is 5.85. The number of fused-ring (bicyclic) bond motifs is 1. The van der Waals surface area contributed by atoms with E-state index in [-0.39, 0.29) is 57.1 Å². The van der Waals surface area contributed by atoms with Gasteiger partial charge in [0.1, 0.15) is 36.3 Å². The molecule has 23 nitrogen and oxygen atoms in total. The van der Waals surface area contributed by atoms with Crippen molar-refractivity contribution in [3.63, 3.8) is 0 Å². The van der Waals surface area contributed by atoms with Crippen LogP contribution in [0.4, 0.5) is 0 Å². The number of likely N-dealkylation sites (tertiary alicyclic amines) is 1. The molecule has 4 aromatic rings. The van der Waals surface area contributed by atoms with Crippen LogP contribution in [0.3, 0.4) is 0 Å². The van der Waals surface area contributed by atoms with Crippen molar-refractivity contribution in [1.29, 1.82) is 0 Å². The Bertz CT molecular complexity index is 2470. The number of nitrogens with two attached hydrogens (primary N) is 4. The van der Waals surface area contributed by atoms with Crippen molar-refractivity contribution in [2.45, 2.75) is 108 Å². The molecular weight excluding hydrogens is 903 g/mol. The lowest BCUT2D eigenvalue weighted by molar-refractivity contribution is -0.141. The van der Waals surface area contributed by atoms with Crippen LogP contribution >= 0.6 is 0 Å². The van der Waals surface area contributed by atoms with Gasteiger partial charge < -0.3 is 69.7 Å². The van der Waals surface area contributed by atoms with Gasteiger partial charge in [-0.3, -0.25) is 43.3 Å². The SMILES string of the molecule is CC(NC(=O)CNC(=O)C(Cc1c[nH]c2ccccc12)NC(=O)C(CCCN=C(N)N)NC(=O)C(Cc1ccccc1)NC(=O)C(N)Cc1cnc[nH]1)C(=O)N1CCCC1C(=O)NC(C(N)=O)C(C)C. The van der Waals surface area contributed by atoms with Crippen molar-refractivity contribution in [3.8, 4) is 0 Å². The fraction of sp³-hybridized carbons (Fsp3) is 0.447. The van der Waals surface area contributed by atoms with Crippen LogP contribution in [-0.4, -0.2) is 135 Å². The second-order valence-corrected chi connectivity index (χ2v) is 17.6. The molecule has 0 radical (unpaired) electrons. The standard InChI is InChI=1S/C47H65N15O8/c1-26(2)39(40(49)64)61-45(69)37-16-10-18-62(37)46(70)27(3)57-38(63)24-55-42(66)36(20-29-22-54-33-14-8-7-13-31(29)33)60-43(67)34(15-9-17-53-47(50)51)58-44(68)35(19-28-11-5-4-6-12-28)59-41(65)32(48)21-30-23-52-25-56-30/h4-8,11-14,22-23,25-27,32,34-37,39,54H,9-10,15-21,24,48H2,1-3H3,(H2,49,64)(H,52,56)(H,55,66)(H,57,63)(H,58,68)(H,59,65)(H,60,67)(H,61,69)(H4,50,51,53). The molecule has 0 saturated carbocycles. The largest absolute Gasteiger partial charge is 0.370 e. The lowest BCUT2D eigenvalue weighted by Gasteiger charge is -2.29. The summed E-state index contributed by atoms with van der Waals surface area (Å²) in [7, 11) is 0. The molecule has 0 aliphatic carbocycles. The van der Waals surface area contributed by atoms with E-state index in [1.165, 1.54) is 24.3 Å². The van der Waals surface area contributed by atoms with Crippen LogP contribution in [0.25, 0.3) is 10.9 Å². The predicted molar refractivity (Wildman–Crippen MR) is 259 cm³/mol. The van der Waals surface area contributed by atoms with Gasteiger partial charge in [0.15, 0.2) is 5.96 Å². The van der Waals surface area contributed by atoms with Gasteiger partial charge in [0.25, 0.3) is 0 Å². The lowest BCUT2D eigenvalue weighted by atomic mass is 10.0. The molecule has 1 aliphatic heterocycles. The fourth-order valence-corrected chi connectivity index (χ4v) is 8.12. The normalized spacial score (nSPS) is 15.9. The van der Waals surface area contributed by atoms with Crippen LogP contribution in [-0.2, 0) is 57.6 Å². The molecule has 0 bridgehead atoms. The summed E-state index contributed by atoms with van der Waals surface area (Å²) in [6.45, 7) is 4.65. The number of nitrogens with one attached hydrogen (secondary N) is 8. The summed E-state index contributed by atoms with van der Waals surface area (Å²) in [5, 5.41) is 16.8. The molecule has 16 N–H and O–H groups in total. The quantitative estimate of drug-likeness (QED) is 0.0195. The van der Waals surface area contributed by atoms with Crippen molar-refractivity contribution in [3.05, 3.63) is 90.1 Å². The molecule has 3 heterocycles. The van der Waals surface area contributed by atoms with Gasteiger partial charge in [-0.2, -0.15) is 0 Å². The van der Waals surface area contributed by atoms with Gasteiger partial charge in [-0.15, -0.1) is 0 Å². The Hall–Kier alpha value is -7.82. The molecule has 5 rings (SSSR count). The molecule has 2 aromatic heterocycles. The first-order chi connectivity index (χ1) is 33.4. The predicted octanol–water partition coefficient (Wildman–Crippen LogP) is -2.01. The number of guanidine groups is 1. The van der Waals surface area contributed by atoms with Crippen LogP contribution < -0.4 is 54.8 Å². The number of carbonyl (C=O) groups excluding carboxylic acids is 8. The molecule has 376 valence electrons. The van der Waals surface area contributed by atoms with Crippen molar-refractivity contribution < 1.29 is 38.4 Å². The van der Waals surface area contributed by atoms with Crippen molar-refractivity contribution >= 4 is 64.1 Å². The lowest BCUT2D eigenvalue weighted by Crippen LogP contribution is -2.59. The number of primary amides is 1. The number of rotatable bonds is 25. The highest BCUT2D eigenvalue weighted by Crippen LogP contribution is 2.21. The number of H-pyrrole nitrogens is 2. The van der Waals surface area contributed by atoms with Crippen LogP contribution in [0.1, 0.15) is 63.3 Å². The number of hydrogen-bond donors (Lipinski definition) is 12. The van der Waals surface area contributed by atoms with E-state index < -0.39 is 96.1 Å². The van der Waals surface area contributed by atoms with E-state index in [0.717, 1.165) is 10.9 Å². The number of aliphatic imine (C=N–C) groups is 1. The average molecular weight is 968 g/mol. The first kappa shape index (κ1) is 53.1. The smallest absolute Gasteiger partial charge is 0.245 e. The number of carbonyl (C=O) groups is 8. The van der Waals surface area contributed by atoms with Gasteiger partial charge in [-0.05, 0) is 55.7 Å². The second-order valence-electron chi connectivity index (χ2n) is 17.6. The van der Waals surface area contributed by atoms with E-state index in [4.69, 9.17) is 22.9 Å². The number of hydrogen-bond acceptors (Lipinski definition) is 11. The number of benzene rings is 2. The van der Waals surface area contributed by atoms with Gasteiger partial charge in [-0.1, -0.05) is 62.4 Å². The summed E-state index contributed by atoms with van der Waals surface area (Å²) < 4.78 is 0. The molecule has 8 amide bonds. The first-order valence-electron chi connectivity index (χ1n) is 23.2. The zero-order chi connectivity index (χ0) is 50.9. The molecule has 23 heteroatoms. The maximum absolute atomic E-state index is 14.4. The Labute approximate surface area is 404 Å². The monoisotopic (exact) mass is 968 g/mol. The minimum absolute atomic E-state index is 0.00156. The maximum atomic E-state index is 14.4. The molecule has 1 aliphatic rings. The van der Waals surface area contributed by atoms with Crippen molar-refractivity contribution in [2.24, 2.45) is 33.8 Å². The van der Waals surface area contributed by atoms with Gasteiger partial charge in [-0.25, -0.2) is 4.98 Å². The number of aromatic nitrogens is 3. The summed E-state index contributed by atoms with van der Waals surface area (Å²) in [6, 6.07) is 8.50. The van der Waals surface area contributed by atoms with E-state index in [0.29, 0.717) is 29.7 Å². The van der Waals surface area contributed by atoms with E-state index in [1.807, 2.05) is 24.3 Å². The molecule has 7 atom stereocenters. The highest BCUT2D eigenvalue weighted by molar-refractivity contribution is 5.97. The van der Waals surface area contributed by atoms with Crippen LogP contribution in [0.5, 0.6) is 0 Å². The van der Waals surface area contributed by atoms with E-state index >= 15 is 0 Å². The first-order valence-corrected chi connectivity index (χ1v) is 23.2. The van der Waals surface area contributed by atoms with Gasteiger partial charge in [0, 0.05) is 61.3 Å². The molecule has 2 aromatic carbocycles. The molecule has 7 unspecified atom stereocenters. The van der Waals surface area contributed by atoms with Crippen LogP contribution in [0.15, 0.2) is 78.3 Å². The van der Waals surface area contributed by atoms with E-state index in [9.17, 15) is 38.4 Å². The summed E-state index contributed by atoms with van der Waals surface area (Å²) >= 11 is 0. The van der Waals surface area contributed by atoms with Gasteiger partial charge in [0.05, 0.1) is 18.9 Å². The fourth-order valence-electron chi connectivity index (χ4n) is 8.12. The highest BCUT2D eigenvalue weighted by Gasteiger charge is 2.38. The molecule has 1 saturated heterocycles. The molecular formula is C47H65N15O8. The molecule has 0 spiro atoms. The summed E-state index contributed by atoms with van der Waals surface area (Å²) in [4.78, 5) is 123. The number of para-hydroxylation sites is 1. The number of amides is 8. The summed E-state index contributed by atoms with van der Waals surface area (Å²) in [5.41, 5.74) is 25.6. The number of aromatic amines is 2. The van der Waals surface area contributed by atoms with Gasteiger partial charge >= 0.3 is 0 Å². The zero-order valence-corrected chi connectivity index (χ0v) is 39.5. The maximum Gasteiger partial charge on any atom is 0.245 e. The molecule has 1 fully saturated rings. The van der Waals surface area contributed by atoms with Gasteiger partial charge in [0.2, 0.25) is 47.3 Å². The third-order valence-corrected chi connectivity index (χ3v) is 11.8. The van der Waals surface area contributed by atoms with Crippen molar-refractivity contribution in [2.75, 3.05) is 19.6 Å². The highest BCUT2D eigenvalue weighted by atomic mass is 16.2. The third kappa shape index (κ3) is 15.3. The Morgan fingerprint density at radius 3 is 2.14 bits per heavy atom. The van der Waals surface area contributed by atoms with E-state index in [2.05, 4.69) is 51.8 Å². The number of nitrogens with zero attached hydrogens (tertiary/aromatic N) is 3. The topological polar surface area (TPSA) is 373 Å². The average Bonchev–Trinajstić information content (AvgIpc) is 4.13. The minimum Gasteiger partial charge on any atom is -0.370 e. The Morgan fingerprint density at radius 2 is 1.46 bits per heavy atom. The Balaban J connectivity index is 1.31. The molecule has 70 heavy (non-hydrogen) atoms. The van der Waals surface area contributed by atoms with E-state index in [1.54, 1.807) is 50.4 Å². The Morgan fingerprint density at radius 1 is 0.786 bits per heavy atom. The third-order valence-electron chi connectivity index (χ3n) is 11.8.